The minimum absolute atomic E-state index is 0.614. The van der Waals surface area contributed by atoms with E-state index in [9.17, 15) is 0 Å². The van der Waals surface area contributed by atoms with Gasteiger partial charge in [0.25, 0.3) is 0 Å². The number of hydrogen-bond donors (Lipinski definition) is 0. The zero-order valence-electron chi connectivity index (χ0n) is 10.3. The number of anilines is 1. The highest BCUT2D eigenvalue weighted by molar-refractivity contribution is 5.52. The highest BCUT2D eigenvalue weighted by Gasteiger charge is 2.07. The van der Waals surface area contributed by atoms with E-state index in [1.165, 1.54) is 0 Å². The van der Waals surface area contributed by atoms with Gasteiger partial charge in [0, 0.05) is 38.7 Å². The molecule has 0 fully saturated rings. The molecule has 0 N–H and O–H groups in total. The van der Waals surface area contributed by atoms with Crippen LogP contribution in [0.3, 0.4) is 0 Å². The van der Waals surface area contributed by atoms with E-state index in [-0.39, 0.29) is 0 Å². The predicted molar refractivity (Wildman–Crippen MR) is 69.1 cm³/mol. The summed E-state index contributed by atoms with van der Waals surface area (Å²) in [6.45, 7) is 1.77. The fourth-order valence-electron chi connectivity index (χ4n) is 1.80. The van der Waals surface area contributed by atoms with Crippen LogP contribution < -0.4 is 4.90 Å². The van der Waals surface area contributed by atoms with Gasteiger partial charge in [0.15, 0.2) is 0 Å². The molecule has 5 heteroatoms. The summed E-state index contributed by atoms with van der Waals surface area (Å²) < 4.78 is 2.04. The van der Waals surface area contributed by atoms with Gasteiger partial charge in [0.1, 0.15) is 11.9 Å². The topological polar surface area (TPSA) is 57.7 Å². The van der Waals surface area contributed by atoms with Gasteiger partial charge < -0.3 is 9.47 Å². The van der Waals surface area contributed by atoms with E-state index >= 15 is 0 Å². The van der Waals surface area contributed by atoms with Crippen LogP contribution in [0, 0.1) is 11.3 Å². The molecule has 0 amide bonds. The molecule has 0 saturated heterocycles. The number of rotatable bonds is 5. The molecule has 0 aliphatic heterocycles. The number of aryl methyl sites for hydroxylation is 1. The number of pyridine rings is 1. The van der Waals surface area contributed by atoms with E-state index in [1.807, 2.05) is 29.0 Å². The van der Waals surface area contributed by atoms with Crippen LogP contribution in [0.4, 0.5) is 5.82 Å². The maximum absolute atomic E-state index is 9.01. The minimum atomic E-state index is 0.614. The molecule has 2 heterocycles. The minimum Gasteiger partial charge on any atom is -0.359 e. The quantitative estimate of drug-likeness (QED) is 0.799. The van der Waals surface area contributed by atoms with Crippen LogP contribution in [0.15, 0.2) is 37.1 Å². The highest BCUT2D eigenvalue weighted by atomic mass is 15.2. The number of aromatic nitrogens is 3. The summed E-state index contributed by atoms with van der Waals surface area (Å²) in [7, 11) is 1.96. The molecular formula is C13H15N5. The largest absolute Gasteiger partial charge is 0.359 e. The van der Waals surface area contributed by atoms with Gasteiger partial charge in [-0.25, -0.2) is 9.97 Å². The maximum atomic E-state index is 9.01. The zero-order valence-corrected chi connectivity index (χ0v) is 10.3. The summed E-state index contributed by atoms with van der Waals surface area (Å²) in [6.07, 6.45) is 8.22. The highest BCUT2D eigenvalue weighted by Crippen LogP contribution is 2.14. The summed E-state index contributed by atoms with van der Waals surface area (Å²) >= 11 is 0. The Morgan fingerprint density at radius 1 is 1.44 bits per heavy atom. The van der Waals surface area contributed by atoms with Crippen molar-refractivity contribution in [3.63, 3.8) is 0 Å². The van der Waals surface area contributed by atoms with Gasteiger partial charge in [-0.3, -0.25) is 0 Å². The van der Waals surface area contributed by atoms with Crippen molar-refractivity contribution in [2.24, 2.45) is 0 Å². The predicted octanol–water partition coefficient (Wildman–Crippen LogP) is 1.68. The van der Waals surface area contributed by atoms with E-state index in [1.54, 1.807) is 24.5 Å². The van der Waals surface area contributed by atoms with Crippen molar-refractivity contribution >= 4 is 5.82 Å². The third kappa shape index (κ3) is 2.86. The number of nitrogens with zero attached hydrogens (tertiary/aromatic N) is 5. The Kier molecular flexibility index (Phi) is 3.92. The molecule has 92 valence electrons. The first-order valence-corrected chi connectivity index (χ1v) is 5.83. The Bertz CT molecular complexity index is 527. The second-order valence-corrected chi connectivity index (χ2v) is 4.06. The maximum Gasteiger partial charge on any atom is 0.146 e. The lowest BCUT2D eigenvalue weighted by Gasteiger charge is -2.18. The molecule has 2 rings (SSSR count). The third-order valence-corrected chi connectivity index (χ3v) is 2.74. The van der Waals surface area contributed by atoms with Crippen molar-refractivity contribution in [3.8, 4) is 6.07 Å². The fraction of sp³-hybridized carbons (Fsp3) is 0.308. The molecule has 0 radical (unpaired) electrons. The van der Waals surface area contributed by atoms with Gasteiger partial charge in [-0.1, -0.05) is 0 Å². The van der Waals surface area contributed by atoms with E-state index in [4.69, 9.17) is 5.26 Å². The van der Waals surface area contributed by atoms with Gasteiger partial charge in [0.05, 0.1) is 11.9 Å². The third-order valence-electron chi connectivity index (χ3n) is 2.74. The van der Waals surface area contributed by atoms with E-state index in [2.05, 4.69) is 16.0 Å². The molecule has 0 atom stereocenters. The van der Waals surface area contributed by atoms with Gasteiger partial charge in [-0.15, -0.1) is 0 Å². The van der Waals surface area contributed by atoms with Crippen molar-refractivity contribution in [1.29, 1.82) is 5.26 Å². The number of nitriles is 1. The van der Waals surface area contributed by atoms with Gasteiger partial charge in [-0.2, -0.15) is 5.26 Å². The van der Waals surface area contributed by atoms with Crippen LogP contribution in [0.2, 0.25) is 0 Å². The van der Waals surface area contributed by atoms with Crippen LogP contribution in [0.25, 0.3) is 0 Å². The van der Waals surface area contributed by atoms with Crippen molar-refractivity contribution in [1.82, 2.24) is 14.5 Å². The lowest BCUT2D eigenvalue weighted by Crippen LogP contribution is -2.21. The average molecular weight is 241 g/mol. The summed E-state index contributed by atoms with van der Waals surface area (Å²) in [6, 6.07) is 5.73. The molecule has 18 heavy (non-hydrogen) atoms. The molecule has 0 bridgehead atoms. The SMILES string of the molecule is CN(CCCn1ccnc1)c1ncccc1C#N. The van der Waals surface area contributed by atoms with Crippen LogP contribution in [-0.4, -0.2) is 28.1 Å². The van der Waals surface area contributed by atoms with Crippen LogP contribution >= 0.6 is 0 Å². The molecule has 2 aromatic heterocycles. The lowest BCUT2D eigenvalue weighted by atomic mass is 10.2. The Labute approximate surface area is 106 Å². The number of hydrogen-bond acceptors (Lipinski definition) is 4. The van der Waals surface area contributed by atoms with Crippen LogP contribution in [0.5, 0.6) is 0 Å². The monoisotopic (exact) mass is 241 g/mol. The van der Waals surface area contributed by atoms with Crippen molar-refractivity contribution < 1.29 is 0 Å². The first-order chi connectivity index (χ1) is 8.81. The second-order valence-electron chi connectivity index (χ2n) is 4.06. The Morgan fingerprint density at radius 2 is 2.33 bits per heavy atom. The van der Waals surface area contributed by atoms with Gasteiger partial charge in [-0.05, 0) is 18.6 Å². The normalized spacial score (nSPS) is 10.0. The summed E-state index contributed by atoms with van der Waals surface area (Å²) in [5.41, 5.74) is 0.614. The Balaban J connectivity index is 1.91. The van der Waals surface area contributed by atoms with Crippen molar-refractivity contribution in [2.75, 3.05) is 18.5 Å². The molecule has 0 spiro atoms. The smallest absolute Gasteiger partial charge is 0.146 e. The second kappa shape index (κ2) is 5.82. The standard InChI is InChI=1S/C13H15N5/c1-17(7-3-8-18-9-6-15-11-18)13-12(10-14)4-2-5-16-13/h2,4-6,9,11H,3,7-8H2,1H3. The molecular weight excluding hydrogens is 226 g/mol. The van der Waals surface area contributed by atoms with E-state index in [0.29, 0.717) is 5.56 Å². The van der Waals surface area contributed by atoms with Crippen molar-refractivity contribution in [2.45, 2.75) is 13.0 Å². The summed E-state index contributed by atoms with van der Waals surface area (Å²) in [4.78, 5) is 10.3. The van der Waals surface area contributed by atoms with Crippen LogP contribution in [0.1, 0.15) is 12.0 Å². The molecule has 0 aromatic carbocycles. The molecule has 0 unspecified atom stereocenters. The molecule has 0 aliphatic rings. The van der Waals surface area contributed by atoms with Crippen LogP contribution in [-0.2, 0) is 6.54 Å². The van der Waals surface area contributed by atoms with Gasteiger partial charge >= 0.3 is 0 Å². The Morgan fingerprint density at radius 3 is 3.06 bits per heavy atom. The average Bonchev–Trinajstić information content (AvgIpc) is 2.91. The first-order valence-electron chi connectivity index (χ1n) is 5.83. The van der Waals surface area contributed by atoms with E-state index < -0.39 is 0 Å². The first kappa shape index (κ1) is 12.1. The van der Waals surface area contributed by atoms with Gasteiger partial charge in [0.2, 0.25) is 0 Å². The zero-order chi connectivity index (χ0) is 12.8. The van der Waals surface area contributed by atoms with E-state index in [0.717, 1.165) is 25.3 Å². The lowest BCUT2D eigenvalue weighted by molar-refractivity contribution is 0.635. The summed E-state index contributed by atoms with van der Waals surface area (Å²) in [5.74, 6) is 0.741. The van der Waals surface area contributed by atoms with Crippen molar-refractivity contribution in [3.05, 3.63) is 42.6 Å². The molecule has 0 aliphatic carbocycles. The number of imidazole rings is 1. The molecule has 2 aromatic rings. The molecule has 5 nitrogen and oxygen atoms in total. The fourth-order valence-corrected chi connectivity index (χ4v) is 1.80. The Hall–Kier alpha value is -2.35. The summed E-state index contributed by atoms with van der Waals surface area (Å²) in [5, 5.41) is 9.01. The molecule has 0 saturated carbocycles.